The molecule has 0 fully saturated rings. The van der Waals surface area contributed by atoms with Gasteiger partial charge in [0, 0.05) is 6.61 Å². The highest BCUT2D eigenvalue weighted by molar-refractivity contribution is 4.61. The Morgan fingerprint density at radius 3 is 2.17 bits per heavy atom. The summed E-state index contributed by atoms with van der Waals surface area (Å²) in [5.41, 5.74) is 0.475. The van der Waals surface area contributed by atoms with Crippen LogP contribution in [0.15, 0.2) is 0 Å². The first-order valence-electron chi connectivity index (χ1n) is 5.06. The third-order valence-corrected chi connectivity index (χ3v) is 2.19. The maximum atomic E-state index is 8.79. The first kappa shape index (κ1) is 12.0. The molecule has 1 N–H and O–H groups in total. The van der Waals surface area contributed by atoms with Crippen molar-refractivity contribution >= 4 is 0 Å². The van der Waals surface area contributed by atoms with E-state index in [1.807, 2.05) is 0 Å². The van der Waals surface area contributed by atoms with Crippen LogP contribution >= 0.6 is 0 Å². The Morgan fingerprint density at radius 2 is 1.75 bits per heavy atom. The molecule has 0 aliphatic rings. The smallest absolute Gasteiger partial charge is 0.0456 e. The quantitative estimate of drug-likeness (QED) is 0.631. The zero-order valence-corrected chi connectivity index (χ0v) is 9.06. The van der Waals surface area contributed by atoms with Crippen molar-refractivity contribution < 1.29 is 5.11 Å². The van der Waals surface area contributed by atoms with Crippen LogP contribution in [-0.4, -0.2) is 11.7 Å². The summed E-state index contributed by atoms with van der Waals surface area (Å²) < 4.78 is 0. The van der Waals surface area contributed by atoms with E-state index < -0.39 is 0 Å². The summed E-state index contributed by atoms with van der Waals surface area (Å²) in [4.78, 5) is 0. The molecule has 0 rings (SSSR count). The normalized spacial score (nSPS) is 14.8. The summed E-state index contributed by atoms with van der Waals surface area (Å²) in [6, 6.07) is 0. The van der Waals surface area contributed by atoms with E-state index in [-0.39, 0.29) is 0 Å². The Balaban J connectivity index is 3.22. The van der Waals surface area contributed by atoms with Crippen molar-refractivity contribution in [3.63, 3.8) is 0 Å². The second-order valence-electron chi connectivity index (χ2n) is 5.09. The summed E-state index contributed by atoms with van der Waals surface area (Å²) in [6.07, 6.45) is 5.03. The molecule has 0 aromatic carbocycles. The highest BCUT2D eigenvalue weighted by atomic mass is 16.3. The molecule has 1 unspecified atom stereocenters. The summed E-state index contributed by atoms with van der Waals surface area (Å²) in [6.45, 7) is 9.29. The van der Waals surface area contributed by atoms with E-state index in [0.29, 0.717) is 17.9 Å². The fourth-order valence-corrected chi connectivity index (χ4v) is 1.24. The van der Waals surface area contributed by atoms with Crippen molar-refractivity contribution in [3.8, 4) is 0 Å². The molecule has 0 amide bonds. The van der Waals surface area contributed by atoms with Crippen LogP contribution < -0.4 is 0 Å². The lowest BCUT2D eigenvalue weighted by molar-refractivity contribution is 0.225. The van der Waals surface area contributed by atoms with E-state index >= 15 is 0 Å². The molecule has 0 spiro atoms. The SMILES string of the molecule is CC(CO)CCCCC(C)(C)C. The van der Waals surface area contributed by atoms with Gasteiger partial charge in [0.25, 0.3) is 0 Å². The summed E-state index contributed by atoms with van der Waals surface area (Å²) in [5, 5.41) is 8.79. The van der Waals surface area contributed by atoms with Crippen LogP contribution in [0.5, 0.6) is 0 Å². The molecule has 0 aromatic rings. The molecular formula is C11H24O. The molecule has 0 radical (unpaired) electrons. The van der Waals surface area contributed by atoms with Crippen molar-refractivity contribution in [2.75, 3.05) is 6.61 Å². The topological polar surface area (TPSA) is 20.2 Å². The van der Waals surface area contributed by atoms with Gasteiger partial charge in [0.1, 0.15) is 0 Å². The summed E-state index contributed by atoms with van der Waals surface area (Å²) in [5.74, 6) is 0.491. The van der Waals surface area contributed by atoms with Crippen molar-refractivity contribution in [1.29, 1.82) is 0 Å². The van der Waals surface area contributed by atoms with E-state index in [1.54, 1.807) is 0 Å². The Labute approximate surface area is 77.2 Å². The first-order chi connectivity index (χ1) is 5.45. The van der Waals surface area contributed by atoms with Crippen LogP contribution in [0, 0.1) is 11.3 Å². The molecule has 0 bridgehead atoms. The summed E-state index contributed by atoms with van der Waals surface area (Å²) >= 11 is 0. The standard InChI is InChI=1S/C11H24O/c1-10(9-12)7-5-6-8-11(2,3)4/h10,12H,5-9H2,1-4H3. The number of aliphatic hydroxyl groups is 1. The van der Waals surface area contributed by atoms with E-state index in [0.717, 1.165) is 0 Å². The minimum Gasteiger partial charge on any atom is -0.396 e. The molecule has 0 aliphatic heterocycles. The molecule has 0 aromatic heterocycles. The lowest BCUT2D eigenvalue weighted by atomic mass is 9.89. The molecule has 12 heavy (non-hydrogen) atoms. The van der Waals surface area contributed by atoms with Gasteiger partial charge in [0.05, 0.1) is 0 Å². The number of unbranched alkanes of at least 4 members (excludes halogenated alkanes) is 1. The monoisotopic (exact) mass is 172 g/mol. The Bertz CT molecular complexity index is 102. The molecule has 1 nitrogen and oxygen atoms in total. The van der Waals surface area contributed by atoms with Crippen molar-refractivity contribution in [3.05, 3.63) is 0 Å². The van der Waals surface area contributed by atoms with Crippen LogP contribution in [-0.2, 0) is 0 Å². The van der Waals surface area contributed by atoms with Gasteiger partial charge in [-0.2, -0.15) is 0 Å². The fraction of sp³-hybridized carbons (Fsp3) is 1.00. The molecule has 1 heteroatoms. The minimum atomic E-state index is 0.343. The Kier molecular flexibility index (Phi) is 5.56. The van der Waals surface area contributed by atoms with E-state index in [9.17, 15) is 0 Å². The minimum absolute atomic E-state index is 0.343. The average Bonchev–Trinajstić information content (AvgIpc) is 1.96. The van der Waals surface area contributed by atoms with Gasteiger partial charge in [0.15, 0.2) is 0 Å². The van der Waals surface area contributed by atoms with E-state index in [1.165, 1.54) is 25.7 Å². The molecule has 0 heterocycles. The second kappa shape index (κ2) is 5.58. The molecule has 0 saturated heterocycles. The fourth-order valence-electron chi connectivity index (χ4n) is 1.24. The zero-order valence-electron chi connectivity index (χ0n) is 9.06. The van der Waals surface area contributed by atoms with Gasteiger partial charge in [-0.1, -0.05) is 40.5 Å². The van der Waals surface area contributed by atoms with Gasteiger partial charge in [-0.25, -0.2) is 0 Å². The predicted octanol–water partition coefficient (Wildman–Crippen LogP) is 3.22. The first-order valence-corrected chi connectivity index (χ1v) is 5.06. The molecule has 74 valence electrons. The van der Waals surface area contributed by atoms with Gasteiger partial charge in [0.2, 0.25) is 0 Å². The Morgan fingerprint density at radius 1 is 1.17 bits per heavy atom. The lowest BCUT2D eigenvalue weighted by Crippen LogP contribution is -2.05. The number of hydrogen-bond donors (Lipinski definition) is 1. The van der Waals surface area contributed by atoms with Crippen molar-refractivity contribution in [2.24, 2.45) is 11.3 Å². The van der Waals surface area contributed by atoms with E-state index in [4.69, 9.17) is 5.11 Å². The molecular weight excluding hydrogens is 148 g/mol. The van der Waals surface area contributed by atoms with Crippen LogP contribution in [0.3, 0.4) is 0 Å². The lowest BCUT2D eigenvalue weighted by Gasteiger charge is -2.18. The van der Waals surface area contributed by atoms with Gasteiger partial charge in [-0.3, -0.25) is 0 Å². The third-order valence-electron chi connectivity index (χ3n) is 2.19. The number of aliphatic hydroxyl groups excluding tert-OH is 1. The third kappa shape index (κ3) is 8.06. The van der Waals surface area contributed by atoms with Gasteiger partial charge < -0.3 is 5.11 Å². The molecule has 0 aliphatic carbocycles. The predicted molar refractivity (Wildman–Crippen MR) is 54.2 cm³/mol. The number of rotatable bonds is 5. The maximum Gasteiger partial charge on any atom is 0.0456 e. The van der Waals surface area contributed by atoms with Crippen molar-refractivity contribution in [2.45, 2.75) is 53.4 Å². The maximum absolute atomic E-state index is 8.79. The molecule has 0 saturated carbocycles. The average molecular weight is 172 g/mol. The zero-order chi connectivity index (χ0) is 9.61. The van der Waals surface area contributed by atoms with Gasteiger partial charge >= 0.3 is 0 Å². The highest BCUT2D eigenvalue weighted by Gasteiger charge is 2.09. The second-order valence-corrected chi connectivity index (χ2v) is 5.09. The van der Waals surface area contributed by atoms with Crippen LogP contribution in [0.25, 0.3) is 0 Å². The van der Waals surface area contributed by atoms with Crippen LogP contribution in [0.1, 0.15) is 53.4 Å². The highest BCUT2D eigenvalue weighted by Crippen LogP contribution is 2.22. The Hall–Kier alpha value is -0.0400. The molecule has 1 atom stereocenters. The number of hydrogen-bond acceptors (Lipinski definition) is 1. The largest absolute Gasteiger partial charge is 0.396 e. The van der Waals surface area contributed by atoms with E-state index in [2.05, 4.69) is 27.7 Å². The van der Waals surface area contributed by atoms with Crippen molar-refractivity contribution in [1.82, 2.24) is 0 Å². The summed E-state index contributed by atoms with van der Waals surface area (Å²) in [7, 11) is 0. The van der Waals surface area contributed by atoms with Gasteiger partial charge in [-0.05, 0) is 24.2 Å². The van der Waals surface area contributed by atoms with Crippen LogP contribution in [0.2, 0.25) is 0 Å². The van der Waals surface area contributed by atoms with Gasteiger partial charge in [-0.15, -0.1) is 0 Å². The van der Waals surface area contributed by atoms with Crippen LogP contribution in [0.4, 0.5) is 0 Å².